The van der Waals surface area contributed by atoms with Crippen molar-refractivity contribution in [2.75, 3.05) is 21.3 Å². The van der Waals surface area contributed by atoms with Crippen LogP contribution in [0.25, 0.3) is 0 Å². The monoisotopic (exact) mass is 263 g/mol. The number of benzene rings is 1. The molecule has 0 bridgehead atoms. The first-order valence-electron chi connectivity index (χ1n) is 5.82. The van der Waals surface area contributed by atoms with Gasteiger partial charge in [-0.15, -0.1) is 0 Å². The van der Waals surface area contributed by atoms with E-state index >= 15 is 0 Å². The number of aliphatic hydroxyl groups is 1. The van der Waals surface area contributed by atoms with E-state index < -0.39 is 6.10 Å². The molecule has 0 saturated heterocycles. The topological polar surface area (TPSA) is 63.7 Å². The van der Waals surface area contributed by atoms with Crippen LogP contribution in [0, 0.1) is 0 Å². The number of methoxy groups -OCH3 is 3. The van der Waals surface area contributed by atoms with Crippen molar-refractivity contribution in [2.24, 2.45) is 0 Å². The summed E-state index contributed by atoms with van der Waals surface area (Å²) in [6.07, 6.45) is 2.70. The molecule has 0 aliphatic rings. The minimum absolute atomic E-state index is 0.548. The van der Waals surface area contributed by atoms with E-state index in [-0.39, 0.29) is 0 Å². The van der Waals surface area contributed by atoms with E-state index in [0.29, 0.717) is 22.8 Å². The minimum Gasteiger partial charge on any atom is -0.496 e. The summed E-state index contributed by atoms with van der Waals surface area (Å²) >= 11 is 0. The standard InChI is InChI=1S/C14H17NO4/c1-17-11-7-13(19-3)12(18-2)6-10(11)14(16)9-4-5-15-8-9/h4-8,14-16H,1-3H3. The van der Waals surface area contributed by atoms with Crippen LogP contribution in [0.5, 0.6) is 17.2 Å². The summed E-state index contributed by atoms with van der Waals surface area (Å²) in [5, 5.41) is 10.4. The maximum Gasteiger partial charge on any atom is 0.164 e. The maximum atomic E-state index is 10.4. The third-order valence-electron chi connectivity index (χ3n) is 2.97. The van der Waals surface area contributed by atoms with Crippen molar-refractivity contribution in [1.29, 1.82) is 0 Å². The van der Waals surface area contributed by atoms with Crippen molar-refractivity contribution >= 4 is 0 Å². The van der Waals surface area contributed by atoms with Gasteiger partial charge in [0.15, 0.2) is 11.5 Å². The normalized spacial score (nSPS) is 12.0. The SMILES string of the molecule is COc1cc(OC)c(C(O)c2cc[nH]c2)cc1OC. The van der Waals surface area contributed by atoms with Crippen molar-refractivity contribution in [3.05, 3.63) is 41.7 Å². The van der Waals surface area contributed by atoms with E-state index in [1.807, 2.05) is 0 Å². The number of aliphatic hydroxyl groups excluding tert-OH is 1. The molecule has 1 aromatic carbocycles. The number of ether oxygens (including phenoxy) is 3. The molecule has 5 nitrogen and oxygen atoms in total. The van der Waals surface area contributed by atoms with Crippen LogP contribution in [0.4, 0.5) is 0 Å². The summed E-state index contributed by atoms with van der Waals surface area (Å²) in [6.45, 7) is 0. The van der Waals surface area contributed by atoms with Gasteiger partial charge in [0.2, 0.25) is 0 Å². The van der Waals surface area contributed by atoms with Gasteiger partial charge in [-0.3, -0.25) is 0 Å². The molecule has 0 amide bonds. The average molecular weight is 263 g/mol. The van der Waals surface area contributed by atoms with Gasteiger partial charge in [0.25, 0.3) is 0 Å². The quantitative estimate of drug-likeness (QED) is 0.867. The Labute approximate surface area is 111 Å². The van der Waals surface area contributed by atoms with Crippen LogP contribution in [0.1, 0.15) is 17.2 Å². The molecule has 2 aromatic rings. The van der Waals surface area contributed by atoms with Gasteiger partial charge in [0, 0.05) is 29.6 Å². The molecule has 0 saturated carbocycles. The molecular weight excluding hydrogens is 246 g/mol. The molecular formula is C14H17NO4. The van der Waals surface area contributed by atoms with Crippen LogP contribution in [-0.2, 0) is 0 Å². The number of H-pyrrole nitrogens is 1. The van der Waals surface area contributed by atoms with Crippen molar-refractivity contribution in [3.63, 3.8) is 0 Å². The largest absolute Gasteiger partial charge is 0.496 e. The number of aromatic nitrogens is 1. The van der Waals surface area contributed by atoms with E-state index in [0.717, 1.165) is 5.56 Å². The van der Waals surface area contributed by atoms with Crippen molar-refractivity contribution in [3.8, 4) is 17.2 Å². The summed E-state index contributed by atoms with van der Waals surface area (Å²) < 4.78 is 15.8. The van der Waals surface area contributed by atoms with Crippen molar-refractivity contribution in [1.82, 2.24) is 4.98 Å². The lowest BCUT2D eigenvalue weighted by Crippen LogP contribution is -2.03. The Morgan fingerprint density at radius 3 is 2.16 bits per heavy atom. The zero-order valence-corrected chi connectivity index (χ0v) is 11.1. The summed E-state index contributed by atoms with van der Waals surface area (Å²) in [5.41, 5.74) is 1.38. The highest BCUT2D eigenvalue weighted by Gasteiger charge is 2.19. The third-order valence-corrected chi connectivity index (χ3v) is 2.97. The third kappa shape index (κ3) is 2.51. The number of aromatic amines is 1. The second-order valence-electron chi connectivity index (χ2n) is 4.00. The first-order valence-corrected chi connectivity index (χ1v) is 5.82. The summed E-state index contributed by atoms with van der Waals surface area (Å²) in [6, 6.07) is 5.22. The molecule has 19 heavy (non-hydrogen) atoms. The Balaban J connectivity index is 2.49. The Morgan fingerprint density at radius 2 is 1.63 bits per heavy atom. The van der Waals surface area contributed by atoms with E-state index in [2.05, 4.69) is 4.98 Å². The van der Waals surface area contributed by atoms with Gasteiger partial charge in [-0.05, 0) is 12.1 Å². The molecule has 2 rings (SSSR count). The first-order chi connectivity index (χ1) is 9.21. The van der Waals surface area contributed by atoms with E-state index in [4.69, 9.17) is 14.2 Å². The van der Waals surface area contributed by atoms with Crippen LogP contribution in [0.3, 0.4) is 0 Å². The Kier molecular flexibility index (Phi) is 3.97. The Hall–Kier alpha value is -2.14. The molecule has 1 unspecified atom stereocenters. The van der Waals surface area contributed by atoms with Crippen LogP contribution in [0.2, 0.25) is 0 Å². The molecule has 1 atom stereocenters. The number of hydrogen-bond acceptors (Lipinski definition) is 4. The predicted molar refractivity (Wildman–Crippen MR) is 71.0 cm³/mol. The fourth-order valence-corrected chi connectivity index (χ4v) is 1.95. The van der Waals surface area contributed by atoms with Gasteiger partial charge in [0.1, 0.15) is 11.9 Å². The fraction of sp³-hybridized carbons (Fsp3) is 0.286. The van der Waals surface area contributed by atoms with Crippen LogP contribution in [-0.4, -0.2) is 31.4 Å². The molecule has 102 valence electrons. The molecule has 0 fully saturated rings. The van der Waals surface area contributed by atoms with Crippen LogP contribution < -0.4 is 14.2 Å². The second kappa shape index (κ2) is 5.67. The highest BCUT2D eigenvalue weighted by Crippen LogP contribution is 2.39. The molecule has 0 radical (unpaired) electrons. The zero-order chi connectivity index (χ0) is 13.8. The van der Waals surface area contributed by atoms with Gasteiger partial charge >= 0.3 is 0 Å². The maximum absolute atomic E-state index is 10.4. The number of hydrogen-bond donors (Lipinski definition) is 2. The number of nitrogens with one attached hydrogen (secondary N) is 1. The molecule has 5 heteroatoms. The van der Waals surface area contributed by atoms with Gasteiger partial charge < -0.3 is 24.3 Å². The zero-order valence-electron chi connectivity index (χ0n) is 11.1. The highest BCUT2D eigenvalue weighted by atomic mass is 16.5. The van der Waals surface area contributed by atoms with E-state index in [1.165, 1.54) is 0 Å². The highest BCUT2D eigenvalue weighted by molar-refractivity contribution is 5.53. The van der Waals surface area contributed by atoms with Gasteiger partial charge in [0.05, 0.1) is 21.3 Å². The lowest BCUT2D eigenvalue weighted by atomic mass is 10.0. The van der Waals surface area contributed by atoms with E-state index in [1.54, 1.807) is 51.9 Å². The van der Waals surface area contributed by atoms with E-state index in [9.17, 15) is 5.11 Å². The summed E-state index contributed by atoms with van der Waals surface area (Å²) in [4.78, 5) is 2.91. The fourth-order valence-electron chi connectivity index (χ4n) is 1.95. The predicted octanol–water partition coefficient (Wildman–Crippen LogP) is 2.12. The van der Waals surface area contributed by atoms with Crippen LogP contribution in [0.15, 0.2) is 30.6 Å². The smallest absolute Gasteiger partial charge is 0.164 e. The summed E-state index contributed by atoms with van der Waals surface area (Å²) in [5.74, 6) is 1.66. The Bertz CT molecular complexity index is 537. The molecule has 1 aromatic heterocycles. The lowest BCUT2D eigenvalue weighted by molar-refractivity contribution is 0.213. The molecule has 0 spiro atoms. The van der Waals surface area contributed by atoms with Gasteiger partial charge in [-0.1, -0.05) is 0 Å². The summed E-state index contributed by atoms with van der Waals surface area (Å²) in [7, 11) is 4.66. The second-order valence-corrected chi connectivity index (χ2v) is 4.00. The first kappa shape index (κ1) is 13.3. The lowest BCUT2D eigenvalue weighted by Gasteiger charge is -2.17. The minimum atomic E-state index is -0.791. The van der Waals surface area contributed by atoms with Gasteiger partial charge in [-0.2, -0.15) is 0 Å². The Morgan fingerprint density at radius 1 is 1.00 bits per heavy atom. The van der Waals surface area contributed by atoms with Crippen molar-refractivity contribution in [2.45, 2.75) is 6.10 Å². The molecule has 0 aliphatic carbocycles. The molecule has 2 N–H and O–H groups in total. The molecule has 1 heterocycles. The van der Waals surface area contributed by atoms with Crippen LogP contribution >= 0.6 is 0 Å². The molecule has 0 aliphatic heterocycles. The van der Waals surface area contributed by atoms with Gasteiger partial charge in [-0.25, -0.2) is 0 Å². The number of rotatable bonds is 5. The average Bonchev–Trinajstić information content (AvgIpc) is 2.99. The van der Waals surface area contributed by atoms with Crippen molar-refractivity contribution < 1.29 is 19.3 Å².